The minimum Gasteiger partial charge on any atom is -0.308 e. The number of piperazine rings is 1. The van der Waals surface area contributed by atoms with Gasteiger partial charge in [-0.15, -0.1) is 0 Å². The van der Waals surface area contributed by atoms with Crippen molar-refractivity contribution in [3.05, 3.63) is 11.1 Å². The van der Waals surface area contributed by atoms with Crippen molar-refractivity contribution in [3.8, 4) is 0 Å². The molecule has 0 bridgehead atoms. The predicted molar refractivity (Wildman–Crippen MR) is 69.8 cm³/mol. The van der Waals surface area contributed by atoms with Crippen molar-refractivity contribution in [2.45, 2.75) is 45.2 Å². The standard InChI is InChI=1S/C13H23ClN2/c1-10(6-14)8-16-9-13(3,12-4-5-12)15-7-11(16)2/h6,11-12,15H,4-5,7-9H2,1-3H3. The van der Waals surface area contributed by atoms with E-state index in [0.29, 0.717) is 11.6 Å². The molecule has 0 radical (unpaired) electrons. The molecule has 16 heavy (non-hydrogen) atoms. The first-order valence-corrected chi connectivity index (χ1v) is 6.74. The van der Waals surface area contributed by atoms with Gasteiger partial charge in [-0.3, -0.25) is 4.90 Å². The second-order valence-electron chi connectivity index (χ2n) is 5.78. The predicted octanol–water partition coefficient (Wildman–Crippen LogP) is 2.59. The van der Waals surface area contributed by atoms with Crippen molar-refractivity contribution < 1.29 is 0 Å². The summed E-state index contributed by atoms with van der Waals surface area (Å²) < 4.78 is 0. The van der Waals surface area contributed by atoms with Gasteiger partial charge < -0.3 is 5.32 Å². The average molecular weight is 243 g/mol. The van der Waals surface area contributed by atoms with Crippen molar-refractivity contribution in [3.63, 3.8) is 0 Å². The summed E-state index contributed by atoms with van der Waals surface area (Å²) in [5, 5.41) is 3.73. The van der Waals surface area contributed by atoms with Crippen LogP contribution in [0.1, 0.15) is 33.6 Å². The number of halogens is 1. The maximum Gasteiger partial charge on any atom is 0.0309 e. The van der Waals surface area contributed by atoms with Gasteiger partial charge in [0.2, 0.25) is 0 Å². The van der Waals surface area contributed by atoms with Gasteiger partial charge in [0.05, 0.1) is 0 Å². The zero-order valence-corrected chi connectivity index (χ0v) is 11.3. The molecule has 2 fully saturated rings. The van der Waals surface area contributed by atoms with E-state index >= 15 is 0 Å². The Hall–Kier alpha value is -0.0500. The molecule has 1 saturated carbocycles. The van der Waals surface area contributed by atoms with Crippen LogP contribution in [0, 0.1) is 5.92 Å². The fourth-order valence-electron chi connectivity index (χ4n) is 2.70. The van der Waals surface area contributed by atoms with Crippen LogP contribution in [0.4, 0.5) is 0 Å². The van der Waals surface area contributed by atoms with Gasteiger partial charge in [0, 0.05) is 36.8 Å². The van der Waals surface area contributed by atoms with Crippen molar-refractivity contribution in [1.29, 1.82) is 0 Å². The highest BCUT2D eigenvalue weighted by Crippen LogP contribution is 2.41. The van der Waals surface area contributed by atoms with Crippen LogP contribution >= 0.6 is 11.6 Å². The third-order valence-electron chi connectivity index (χ3n) is 4.07. The average Bonchev–Trinajstić information content (AvgIpc) is 3.07. The quantitative estimate of drug-likeness (QED) is 0.819. The molecule has 2 aliphatic rings. The van der Waals surface area contributed by atoms with E-state index in [0.717, 1.165) is 25.6 Å². The second-order valence-corrected chi connectivity index (χ2v) is 6.00. The molecule has 92 valence electrons. The minimum atomic E-state index is 0.332. The van der Waals surface area contributed by atoms with Gasteiger partial charge in [-0.05, 0) is 45.1 Å². The van der Waals surface area contributed by atoms with E-state index in [1.165, 1.54) is 18.4 Å². The summed E-state index contributed by atoms with van der Waals surface area (Å²) in [6.07, 6.45) is 2.80. The maximum absolute atomic E-state index is 5.76. The van der Waals surface area contributed by atoms with Crippen molar-refractivity contribution in [2.24, 2.45) is 5.92 Å². The highest BCUT2D eigenvalue weighted by molar-refractivity contribution is 6.25. The van der Waals surface area contributed by atoms with Crippen LogP contribution in [0.5, 0.6) is 0 Å². The highest BCUT2D eigenvalue weighted by Gasteiger charge is 2.45. The van der Waals surface area contributed by atoms with Crippen LogP contribution in [-0.4, -0.2) is 36.1 Å². The third kappa shape index (κ3) is 2.61. The molecule has 0 spiro atoms. The molecule has 1 aliphatic carbocycles. The van der Waals surface area contributed by atoms with Gasteiger partial charge in [0.15, 0.2) is 0 Å². The first-order valence-electron chi connectivity index (χ1n) is 6.30. The molecule has 3 heteroatoms. The number of nitrogens with zero attached hydrogens (tertiary/aromatic N) is 1. The zero-order valence-electron chi connectivity index (χ0n) is 10.6. The Morgan fingerprint density at radius 2 is 2.25 bits per heavy atom. The Morgan fingerprint density at radius 1 is 1.56 bits per heavy atom. The minimum absolute atomic E-state index is 0.332. The fourth-order valence-corrected chi connectivity index (χ4v) is 2.77. The Labute approximate surface area is 104 Å². The highest BCUT2D eigenvalue weighted by atomic mass is 35.5. The lowest BCUT2D eigenvalue weighted by molar-refractivity contribution is 0.0919. The molecular weight excluding hydrogens is 220 g/mol. The molecule has 2 atom stereocenters. The maximum atomic E-state index is 5.76. The molecule has 0 amide bonds. The molecule has 2 rings (SSSR count). The lowest BCUT2D eigenvalue weighted by atomic mass is 9.91. The van der Waals surface area contributed by atoms with Crippen molar-refractivity contribution in [2.75, 3.05) is 19.6 Å². The molecule has 0 aromatic rings. The smallest absolute Gasteiger partial charge is 0.0309 e. The Balaban J connectivity index is 1.99. The summed E-state index contributed by atoms with van der Waals surface area (Å²) in [5.41, 5.74) is 3.30. The van der Waals surface area contributed by atoms with Crippen molar-refractivity contribution in [1.82, 2.24) is 10.2 Å². The molecular formula is C13H23ClN2. The largest absolute Gasteiger partial charge is 0.308 e. The molecule has 1 heterocycles. The van der Waals surface area contributed by atoms with Crippen LogP contribution in [0.15, 0.2) is 11.1 Å². The first-order chi connectivity index (χ1) is 7.55. The monoisotopic (exact) mass is 242 g/mol. The van der Waals surface area contributed by atoms with E-state index in [9.17, 15) is 0 Å². The number of rotatable bonds is 3. The third-order valence-corrected chi connectivity index (χ3v) is 4.45. The zero-order chi connectivity index (χ0) is 11.8. The van der Waals surface area contributed by atoms with E-state index in [1.54, 1.807) is 5.54 Å². The molecule has 1 saturated heterocycles. The normalized spacial score (nSPS) is 37.8. The van der Waals surface area contributed by atoms with Gasteiger partial charge in [0.25, 0.3) is 0 Å². The Kier molecular flexibility index (Phi) is 3.62. The molecule has 2 unspecified atom stereocenters. The van der Waals surface area contributed by atoms with Crippen LogP contribution in [0.25, 0.3) is 0 Å². The first kappa shape index (κ1) is 12.4. The molecule has 0 aromatic carbocycles. The summed E-state index contributed by atoms with van der Waals surface area (Å²) in [7, 11) is 0. The summed E-state index contributed by atoms with van der Waals surface area (Å²) in [5.74, 6) is 0.891. The lowest BCUT2D eigenvalue weighted by Gasteiger charge is -2.45. The summed E-state index contributed by atoms with van der Waals surface area (Å²) in [4.78, 5) is 2.56. The number of hydrogen-bond donors (Lipinski definition) is 1. The SMILES string of the molecule is CC(=CCl)CN1CC(C)(C2CC2)NCC1C. The topological polar surface area (TPSA) is 15.3 Å². The molecule has 1 aliphatic heterocycles. The van der Waals surface area contributed by atoms with Gasteiger partial charge in [-0.2, -0.15) is 0 Å². The van der Waals surface area contributed by atoms with E-state index in [1.807, 2.05) is 0 Å². The number of nitrogens with one attached hydrogen (secondary N) is 1. The van der Waals surface area contributed by atoms with Gasteiger partial charge in [-0.25, -0.2) is 0 Å². The van der Waals surface area contributed by atoms with Gasteiger partial charge >= 0.3 is 0 Å². The molecule has 2 nitrogen and oxygen atoms in total. The molecule has 0 aromatic heterocycles. The number of hydrogen-bond acceptors (Lipinski definition) is 2. The summed E-state index contributed by atoms with van der Waals surface area (Å²) in [6.45, 7) is 10.0. The second kappa shape index (κ2) is 4.67. The van der Waals surface area contributed by atoms with Crippen LogP contribution in [-0.2, 0) is 0 Å². The van der Waals surface area contributed by atoms with Gasteiger partial charge in [-0.1, -0.05) is 11.6 Å². The fraction of sp³-hybridized carbons (Fsp3) is 0.846. The van der Waals surface area contributed by atoms with Crippen LogP contribution < -0.4 is 5.32 Å². The summed E-state index contributed by atoms with van der Waals surface area (Å²) >= 11 is 5.76. The van der Waals surface area contributed by atoms with E-state index in [-0.39, 0.29) is 0 Å². The lowest BCUT2D eigenvalue weighted by Crippen LogP contribution is -2.63. The van der Waals surface area contributed by atoms with E-state index in [2.05, 4.69) is 31.0 Å². The Morgan fingerprint density at radius 3 is 2.81 bits per heavy atom. The van der Waals surface area contributed by atoms with E-state index < -0.39 is 0 Å². The van der Waals surface area contributed by atoms with Crippen LogP contribution in [0.2, 0.25) is 0 Å². The van der Waals surface area contributed by atoms with Gasteiger partial charge in [0.1, 0.15) is 0 Å². The summed E-state index contributed by atoms with van der Waals surface area (Å²) in [6, 6.07) is 0.610. The molecule has 1 N–H and O–H groups in total. The van der Waals surface area contributed by atoms with Crippen molar-refractivity contribution >= 4 is 11.6 Å². The van der Waals surface area contributed by atoms with Crippen LogP contribution in [0.3, 0.4) is 0 Å². The van der Waals surface area contributed by atoms with E-state index in [4.69, 9.17) is 11.6 Å². The Bertz CT molecular complexity index is 286.